The predicted octanol–water partition coefficient (Wildman–Crippen LogP) is 13.0. The Morgan fingerprint density at radius 2 is 0.800 bits per heavy atom. The maximum Gasteiger partial charge on any atom is -0.0623 e. The van der Waals surface area contributed by atoms with Crippen molar-refractivity contribution in [3.63, 3.8) is 0 Å². The van der Waals surface area contributed by atoms with Gasteiger partial charge in [0.1, 0.15) is 0 Å². The molecular weight excluding hydrogens is 698 g/mol. The van der Waals surface area contributed by atoms with Gasteiger partial charge >= 0.3 is 53.5 Å². The van der Waals surface area contributed by atoms with Gasteiger partial charge in [-0.2, -0.15) is 0 Å². The molecule has 0 aliphatic heterocycles. The molecule has 2 atom stereocenters. The topological polar surface area (TPSA) is 0 Å². The summed E-state index contributed by atoms with van der Waals surface area (Å²) < 4.78 is 0. The van der Waals surface area contributed by atoms with E-state index in [1.54, 1.807) is 0 Å². The molecule has 0 spiro atoms. The molecule has 0 fully saturated rings. The molecule has 0 aliphatic rings. The van der Waals surface area contributed by atoms with E-state index in [0.29, 0.717) is 16.4 Å². The summed E-state index contributed by atoms with van der Waals surface area (Å²) >= 11 is -1.65. The van der Waals surface area contributed by atoms with Gasteiger partial charge in [0.15, 0.2) is 0 Å². The average molecular weight is 727 g/mol. The molecule has 8 heteroatoms. The van der Waals surface area contributed by atoms with Crippen LogP contribution >= 0.6 is 49.8 Å². The van der Waals surface area contributed by atoms with Crippen LogP contribution in [0.2, 0.25) is 13.1 Å². The van der Waals surface area contributed by atoms with Gasteiger partial charge in [-0.3, -0.25) is 16.4 Å². The number of hydrogen-bond donors (Lipinski definition) is 0. The van der Waals surface area contributed by atoms with E-state index in [-0.39, 0.29) is 5.43 Å². The second-order valence-electron chi connectivity index (χ2n) is 8.87. The van der Waals surface area contributed by atoms with Gasteiger partial charge in [-0.15, -0.1) is 32.2 Å². The van der Waals surface area contributed by atoms with Crippen LogP contribution in [0.3, 0.4) is 0 Å². The Kier molecular flexibility index (Phi) is 13.7. The van der Waals surface area contributed by atoms with E-state index < -0.39 is 18.0 Å². The Balaban J connectivity index is 0.000000155. The molecule has 0 saturated heterocycles. The largest absolute Gasteiger partial charge is 0.258 e. The Labute approximate surface area is 259 Å². The van der Waals surface area contributed by atoms with Crippen LogP contribution in [-0.4, -0.2) is 5.43 Å². The minimum Gasteiger partial charge on any atom is -0.258 e. The zero-order chi connectivity index (χ0) is 28.2. The molecule has 0 bridgehead atoms. The fourth-order valence-electron chi connectivity index (χ4n) is 3.75. The van der Waals surface area contributed by atoms with E-state index in [1.807, 2.05) is 0 Å². The summed E-state index contributed by atoms with van der Waals surface area (Å²) in [6, 6.07) is 42.5. The first-order valence-corrected chi connectivity index (χ1v) is 29.0. The first kappa shape index (κ1) is 31.9. The van der Waals surface area contributed by atoms with Crippen LogP contribution in [-0.2, 0) is 18.0 Å². The molecule has 6 rings (SSSR count). The van der Waals surface area contributed by atoms with E-state index in [1.165, 1.54) is 59.8 Å². The Hall–Kier alpha value is -1.02. The van der Waals surface area contributed by atoms with Crippen molar-refractivity contribution in [1.29, 1.82) is 0 Å². The zero-order valence-corrected chi connectivity index (χ0v) is 31.0. The number of halogens is 2. The van der Waals surface area contributed by atoms with Gasteiger partial charge in [0.2, 0.25) is 0 Å². The van der Waals surface area contributed by atoms with Crippen molar-refractivity contribution in [3.05, 3.63) is 132 Å². The number of rotatable bonds is 4. The van der Waals surface area contributed by atoms with Crippen LogP contribution in [0.25, 0.3) is 43.4 Å². The van der Waals surface area contributed by atoms with Crippen LogP contribution in [0, 0.1) is 11.1 Å². The maximum absolute atomic E-state index is 5.62. The third-order valence-electron chi connectivity index (χ3n) is 5.77. The quantitative estimate of drug-likeness (QED) is 0.125. The molecule has 0 amide bonds. The summed E-state index contributed by atoms with van der Waals surface area (Å²) in [6.45, 7) is 4.33. The van der Waals surface area contributed by atoms with Crippen molar-refractivity contribution < 1.29 is 18.0 Å². The summed E-state index contributed by atoms with van der Waals surface area (Å²) in [5.41, 5.74) is 12.0. The number of hydrogen-bond acceptors (Lipinski definition) is 0. The molecule has 40 heavy (non-hydrogen) atoms. The fourth-order valence-corrected chi connectivity index (χ4v) is 8.84. The molecule has 4 aromatic carbocycles. The molecular formula is C32H28Cl2P4SiZr-2. The average Bonchev–Trinajstić information content (AvgIpc) is 3.70. The summed E-state index contributed by atoms with van der Waals surface area (Å²) in [6.07, 6.45) is 0. The van der Waals surface area contributed by atoms with Gasteiger partial charge in [0.05, 0.1) is 0 Å². The molecule has 2 aromatic heterocycles. The Bertz CT molecular complexity index is 1380. The standard InChI is InChI=1S/2C15H11P2.C2H6Si.2ClH.Zr/c2*1-3-7-12(8-4-1)14-15(17-11-16-14)13-9-5-2-6-10-13;1-3-2;;;/h2*1-10,16H;1-2H3;2*1H;/q2*-1;;;;+2/p-2. The smallest absolute Gasteiger partial charge is 0.0623 e. The molecule has 200 valence electrons. The van der Waals surface area contributed by atoms with Crippen molar-refractivity contribution in [2.75, 3.05) is 0 Å². The molecule has 0 nitrogen and oxygen atoms in total. The minimum atomic E-state index is -1.65. The van der Waals surface area contributed by atoms with Crippen LogP contribution < -0.4 is 0 Å². The van der Waals surface area contributed by atoms with Crippen molar-refractivity contribution in [1.82, 2.24) is 0 Å². The van der Waals surface area contributed by atoms with E-state index >= 15 is 0 Å². The van der Waals surface area contributed by atoms with Crippen molar-refractivity contribution in [3.8, 4) is 43.4 Å². The Morgan fingerprint density at radius 1 is 0.525 bits per heavy atom. The van der Waals surface area contributed by atoms with Gasteiger partial charge in [0, 0.05) is 0 Å². The third kappa shape index (κ3) is 9.50. The number of benzene rings is 4. The molecule has 0 radical (unpaired) electrons. The van der Waals surface area contributed by atoms with Crippen LogP contribution in [0.4, 0.5) is 0 Å². The molecule has 0 N–H and O–H groups in total. The SMILES string of the molecule is C[Si](C)=[Zr]([Cl])[Cl].[c-]1pc(-c2ccccc2)c(-c2ccccc2)[pH]1.[c-]1pc(-c2ccccc2)c(-c2ccccc2)[pH]1. The van der Waals surface area contributed by atoms with Crippen LogP contribution in [0.15, 0.2) is 121 Å². The maximum atomic E-state index is 5.62. The fraction of sp³-hybridized carbons (Fsp3) is 0.0625. The van der Waals surface area contributed by atoms with Gasteiger partial charge in [0.25, 0.3) is 0 Å². The van der Waals surface area contributed by atoms with Gasteiger partial charge in [-0.05, 0) is 0 Å². The molecule has 0 aliphatic carbocycles. The van der Waals surface area contributed by atoms with E-state index in [4.69, 9.17) is 17.0 Å². The Morgan fingerprint density at radius 3 is 1.07 bits per heavy atom. The van der Waals surface area contributed by atoms with E-state index in [9.17, 15) is 0 Å². The van der Waals surface area contributed by atoms with Gasteiger partial charge in [-0.1, -0.05) is 144 Å². The molecule has 2 heterocycles. The van der Waals surface area contributed by atoms with E-state index in [0.717, 1.165) is 0 Å². The summed E-state index contributed by atoms with van der Waals surface area (Å²) in [7, 11) is 15.1. The third-order valence-corrected chi connectivity index (χ3v) is 30.7. The monoisotopic (exact) mass is 724 g/mol. The molecule has 6 aromatic rings. The first-order valence-electron chi connectivity index (χ1n) is 12.7. The van der Waals surface area contributed by atoms with E-state index in [2.05, 4.69) is 145 Å². The summed E-state index contributed by atoms with van der Waals surface area (Å²) in [5.74, 6) is 0. The summed E-state index contributed by atoms with van der Waals surface area (Å²) in [5, 5.41) is 5.71. The summed E-state index contributed by atoms with van der Waals surface area (Å²) in [4.78, 5) is 0. The van der Waals surface area contributed by atoms with Crippen molar-refractivity contribution >= 4 is 55.2 Å². The minimum absolute atomic E-state index is 0.224. The second-order valence-corrected chi connectivity index (χ2v) is 36.5. The molecule has 0 saturated carbocycles. The molecule has 2 unspecified atom stereocenters. The van der Waals surface area contributed by atoms with Crippen molar-refractivity contribution in [2.45, 2.75) is 13.1 Å². The van der Waals surface area contributed by atoms with Gasteiger partial charge in [-0.25, -0.2) is 16.4 Å². The van der Waals surface area contributed by atoms with Gasteiger partial charge < -0.3 is 0 Å². The predicted molar refractivity (Wildman–Crippen MR) is 186 cm³/mol. The first-order chi connectivity index (χ1) is 19.5. The van der Waals surface area contributed by atoms with Crippen molar-refractivity contribution in [2.24, 2.45) is 0 Å². The normalized spacial score (nSPS) is 10.8. The zero-order valence-electron chi connectivity index (χ0n) is 22.2. The second kappa shape index (κ2) is 17.2. The van der Waals surface area contributed by atoms with Crippen LogP contribution in [0.1, 0.15) is 0 Å². The van der Waals surface area contributed by atoms with Crippen LogP contribution in [0.5, 0.6) is 0 Å².